The number of oxazole rings is 1. The molecule has 0 N–H and O–H groups in total. The van der Waals surface area contributed by atoms with Gasteiger partial charge in [-0.15, -0.1) is 0 Å². The molecule has 0 spiro atoms. The molecule has 0 fully saturated rings. The molecular formula is C24H23N3O2. The maximum absolute atomic E-state index is 6.36. The number of rotatable bonds is 3. The molecule has 4 aromatic rings. The highest BCUT2D eigenvalue weighted by atomic mass is 16.5. The van der Waals surface area contributed by atoms with E-state index in [0.717, 1.165) is 46.1 Å². The number of fused-ring (bicyclic) bond motifs is 3. The summed E-state index contributed by atoms with van der Waals surface area (Å²) in [5.74, 6) is 2.22. The lowest BCUT2D eigenvalue weighted by Crippen LogP contribution is -2.27. The molecule has 0 aliphatic heterocycles. The molecule has 29 heavy (non-hydrogen) atoms. The van der Waals surface area contributed by atoms with E-state index >= 15 is 0 Å². The molecule has 0 bridgehead atoms. The first-order valence-corrected chi connectivity index (χ1v) is 9.78. The summed E-state index contributed by atoms with van der Waals surface area (Å²) >= 11 is 0. The maximum atomic E-state index is 6.36. The third kappa shape index (κ3) is 2.77. The molecular weight excluding hydrogens is 362 g/mol. The van der Waals surface area contributed by atoms with Crippen molar-refractivity contribution in [3.63, 3.8) is 0 Å². The van der Waals surface area contributed by atoms with Crippen molar-refractivity contribution in [2.75, 3.05) is 7.11 Å². The van der Waals surface area contributed by atoms with Crippen molar-refractivity contribution in [1.29, 1.82) is 0 Å². The largest absolute Gasteiger partial charge is 0.497 e. The van der Waals surface area contributed by atoms with E-state index in [1.54, 1.807) is 7.11 Å². The second kappa shape index (κ2) is 6.34. The Kier molecular flexibility index (Phi) is 3.88. The van der Waals surface area contributed by atoms with Crippen LogP contribution < -0.4 is 4.74 Å². The summed E-state index contributed by atoms with van der Waals surface area (Å²) < 4.78 is 13.8. The molecule has 0 amide bonds. The summed E-state index contributed by atoms with van der Waals surface area (Å²) in [5, 5.41) is 4.85. The summed E-state index contributed by atoms with van der Waals surface area (Å²) in [4.78, 5) is 4.91. The SMILES string of the molecule is COc1cccc(-c2nc3c(o2)-c2c(C)nn(-c4ccccc4)c2CC3(C)C)c1. The highest BCUT2D eigenvalue weighted by Crippen LogP contribution is 2.46. The number of ether oxygens (including phenoxy) is 1. The predicted molar refractivity (Wildman–Crippen MR) is 113 cm³/mol. The molecule has 5 rings (SSSR count). The first kappa shape index (κ1) is 17.7. The van der Waals surface area contributed by atoms with Gasteiger partial charge in [0.1, 0.15) is 5.75 Å². The summed E-state index contributed by atoms with van der Waals surface area (Å²) in [6, 6.07) is 18.1. The van der Waals surface area contributed by atoms with Gasteiger partial charge in [-0.3, -0.25) is 0 Å². The van der Waals surface area contributed by atoms with Crippen LogP contribution in [0.2, 0.25) is 0 Å². The third-order valence-electron chi connectivity index (χ3n) is 5.58. The van der Waals surface area contributed by atoms with Crippen molar-refractivity contribution in [3.8, 4) is 34.2 Å². The van der Waals surface area contributed by atoms with Crippen LogP contribution in [0.15, 0.2) is 59.0 Å². The van der Waals surface area contributed by atoms with Crippen LogP contribution in [0.4, 0.5) is 0 Å². The fraction of sp³-hybridized carbons (Fsp3) is 0.250. The fourth-order valence-electron chi connectivity index (χ4n) is 4.15. The van der Waals surface area contributed by atoms with Crippen LogP contribution >= 0.6 is 0 Å². The van der Waals surface area contributed by atoms with Gasteiger partial charge in [-0.25, -0.2) is 9.67 Å². The van der Waals surface area contributed by atoms with Gasteiger partial charge in [0, 0.05) is 17.4 Å². The average molecular weight is 385 g/mol. The van der Waals surface area contributed by atoms with E-state index in [1.807, 2.05) is 54.1 Å². The summed E-state index contributed by atoms with van der Waals surface area (Å²) in [7, 11) is 1.66. The van der Waals surface area contributed by atoms with Gasteiger partial charge in [-0.1, -0.05) is 38.1 Å². The molecule has 0 radical (unpaired) electrons. The van der Waals surface area contributed by atoms with Crippen LogP contribution in [0.3, 0.4) is 0 Å². The molecule has 0 saturated carbocycles. The van der Waals surface area contributed by atoms with Crippen molar-refractivity contribution >= 4 is 0 Å². The topological polar surface area (TPSA) is 53.1 Å². The van der Waals surface area contributed by atoms with E-state index in [2.05, 4.69) is 26.0 Å². The Balaban J connectivity index is 1.71. The van der Waals surface area contributed by atoms with Crippen molar-refractivity contribution in [3.05, 3.63) is 71.7 Å². The number of para-hydroxylation sites is 1. The number of aryl methyl sites for hydroxylation is 1. The van der Waals surface area contributed by atoms with E-state index in [1.165, 1.54) is 5.69 Å². The highest BCUT2D eigenvalue weighted by molar-refractivity contribution is 5.73. The predicted octanol–water partition coefficient (Wildman–Crippen LogP) is 5.35. The second-order valence-electron chi connectivity index (χ2n) is 8.14. The fourth-order valence-corrected chi connectivity index (χ4v) is 4.15. The molecule has 2 aromatic carbocycles. The summed E-state index contributed by atoms with van der Waals surface area (Å²) in [6.07, 6.45) is 0.842. The van der Waals surface area contributed by atoms with Gasteiger partial charge >= 0.3 is 0 Å². The zero-order valence-electron chi connectivity index (χ0n) is 17.1. The molecule has 5 nitrogen and oxygen atoms in total. The maximum Gasteiger partial charge on any atom is 0.227 e. The number of aromatic nitrogens is 3. The average Bonchev–Trinajstić information content (AvgIpc) is 3.31. The second-order valence-corrected chi connectivity index (χ2v) is 8.14. The zero-order chi connectivity index (χ0) is 20.2. The van der Waals surface area contributed by atoms with Crippen LogP contribution in [-0.2, 0) is 11.8 Å². The Labute approximate surface area is 170 Å². The van der Waals surface area contributed by atoms with Crippen LogP contribution in [0.25, 0.3) is 28.5 Å². The molecule has 0 unspecified atom stereocenters. The standard InChI is InChI=1S/C24H23N3O2/c1-15-20-19(27(26-15)17-10-6-5-7-11-17)14-24(2,3)22-21(20)29-23(25-22)16-9-8-12-18(13-16)28-4/h5-13H,14H2,1-4H3. The van der Waals surface area contributed by atoms with E-state index in [-0.39, 0.29) is 5.41 Å². The molecule has 1 aliphatic rings. The van der Waals surface area contributed by atoms with E-state index in [9.17, 15) is 0 Å². The molecule has 146 valence electrons. The monoisotopic (exact) mass is 385 g/mol. The van der Waals surface area contributed by atoms with Crippen molar-refractivity contribution in [2.24, 2.45) is 0 Å². The van der Waals surface area contributed by atoms with Gasteiger partial charge in [-0.05, 0) is 37.3 Å². The van der Waals surface area contributed by atoms with Crippen molar-refractivity contribution in [1.82, 2.24) is 14.8 Å². The molecule has 0 saturated heterocycles. The summed E-state index contributed by atoms with van der Waals surface area (Å²) in [5.41, 5.74) is 5.96. The van der Waals surface area contributed by atoms with E-state index in [4.69, 9.17) is 19.2 Å². The molecule has 5 heteroatoms. The van der Waals surface area contributed by atoms with Crippen molar-refractivity contribution in [2.45, 2.75) is 32.6 Å². The minimum atomic E-state index is -0.165. The molecule has 1 aliphatic carbocycles. The van der Waals surface area contributed by atoms with Gasteiger partial charge in [0.2, 0.25) is 5.89 Å². The van der Waals surface area contributed by atoms with Gasteiger partial charge < -0.3 is 9.15 Å². The van der Waals surface area contributed by atoms with Crippen LogP contribution in [-0.4, -0.2) is 21.9 Å². The van der Waals surface area contributed by atoms with Crippen LogP contribution in [0.5, 0.6) is 5.75 Å². The van der Waals surface area contributed by atoms with Gasteiger partial charge in [0.05, 0.1) is 35.4 Å². The number of nitrogens with zero attached hydrogens (tertiary/aromatic N) is 3. The lowest BCUT2D eigenvalue weighted by molar-refractivity contribution is 0.415. The minimum Gasteiger partial charge on any atom is -0.497 e. The van der Waals surface area contributed by atoms with E-state index < -0.39 is 0 Å². The first-order chi connectivity index (χ1) is 14.0. The van der Waals surface area contributed by atoms with Gasteiger partial charge in [0.25, 0.3) is 0 Å². The number of methoxy groups -OCH3 is 1. The number of hydrogen-bond acceptors (Lipinski definition) is 4. The Morgan fingerprint density at radius 1 is 1.07 bits per heavy atom. The van der Waals surface area contributed by atoms with Gasteiger partial charge in [0.15, 0.2) is 5.76 Å². The Hall–Kier alpha value is -3.34. The Morgan fingerprint density at radius 2 is 1.86 bits per heavy atom. The van der Waals surface area contributed by atoms with E-state index in [0.29, 0.717) is 5.89 Å². The number of hydrogen-bond donors (Lipinski definition) is 0. The number of benzene rings is 2. The van der Waals surface area contributed by atoms with Gasteiger partial charge in [-0.2, -0.15) is 5.10 Å². The highest BCUT2D eigenvalue weighted by Gasteiger charge is 2.40. The smallest absolute Gasteiger partial charge is 0.227 e. The summed E-state index contributed by atoms with van der Waals surface area (Å²) in [6.45, 7) is 6.46. The Bertz CT molecular complexity index is 1200. The normalized spacial score (nSPS) is 14.3. The molecule has 2 aromatic heterocycles. The van der Waals surface area contributed by atoms with Crippen molar-refractivity contribution < 1.29 is 9.15 Å². The molecule has 0 atom stereocenters. The minimum absolute atomic E-state index is 0.165. The lowest BCUT2D eigenvalue weighted by atomic mass is 9.77. The van der Waals surface area contributed by atoms with Crippen LogP contribution in [0.1, 0.15) is 30.9 Å². The lowest BCUT2D eigenvalue weighted by Gasteiger charge is -2.28. The van der Waals surface area contributed by atoms with Crippen LogP contribution in [0, 0.1) is 6.92 Å². The first-order valence-electron chi connectivity index (χ1n) is 9.78. The quantitative estimate of drug-likeness (QED) is 0.477. The zero-order valence-corrected chi connectivity index (χ0v) is 17.1. The third-order valence-corrected chi connectivity index (χ3v) is 5.58. The molecule has 2 heterocycles. The Morgan fingerprint density at radius 3 is 2.62 bits per heavy atom.